The molecule has 0 aliphatic carbocycles. The molecule has 1 aliphatic heterocycles. The highest BCUT2D eigenvalue weighted by molar-refractivity contribution is 7.19. The largest absolute Gasteiger partial charge is 0.352 e. The SMILES string of the molecule is CC(C)NC(=O)CN(C)c1nnc(N2CCCC2=O)s1. The van der Waals surface area contributed by atoms with Gasteiger partial charge in [0, 0.05) is 26.1 Å². The van der Waals surface area contributed by atoms with Crippen molar-refractivity contribution in [2.24, 2.45) is 0 Å². The van der Waals surface area contributed by atoms with Crippen molar-refractivity contribution >= 4 is 33.4 Å². The third-order valence-electron chi connectivity index (χ3n) is 2.86. The summed E-state index contributed by atoms with van der Waals surface area (Å²) in [5, 5.41) is 12.2. The maximum Gasteiger partial charge on any atom is 0.239 e. The number of likely N-dealkylation sites (N-methyl/N-ethyl adjacent to an activating group) is 1. The lowest BCUT2D eigenvalue weighted by molar-refractivity contribution is -0.120. The highest BCUT2D eigenvalue weighted by Gasteiger charge is 2.25. The van der Waals surface area contributed by atoms with E-state index < -0.39 is 0 Å². The number of nitrogens with one attached hydrogen (secondary N) is 1. The topological polar surface area (TPSA) is 78.4 Å². The molecule has 20 heavy (non-hydrogen) atoms. The zero-order valence-electron chi connectivity index (χ0n) is 11.9. The molecule has 0 spiro atoms. The highest BCUT2D eigenvalue weighted by atomic mass is 32.1. The van der Waals surface area contributed by atoms with Gasteiger partial charge in [0.1, 0.15) is 0 Å². The first-order valence-corrected chi connectivity index (χ1v) is 7.43. The van der Waals surface area contributed by atoms with Crippen molar-refractivity contribution in [1.29, 1.82) is 0 Å². The summed E-state index contributed by atoms with van der Waals surface area (Å²) in [6, 6.07) is 0.114. The minimum absolute atomic E-state index is 0.0588. The molecule has 1 N–H and O–H groups in total. The molecular weight excluding hydrogens is 278 g/mol. The Morgan fingerprint density at radius 2 is 2.25 bits per heavy atom. The molecule has 0 unspecified atom stereocenters. The van der Waals surface area contributed by atoms with Crippen LogP contribution in [0.25, 0.3) is 0 Å². The third-order valence-corrected chi connectivity index (χ3v) is 3.93. The van der Waals surface area contributed by atoms with Crippen molar-refractivity contribution in [3.63, 3.8) is 0 Å². The van der Waals surface area contributed by atoms with Crippen LogP contribution in [-0.2, 0) is 9.59 Å². The average molecular weight is 297 g/mol. The Morgan fingerprint density at radius 1 is 1.50 bits per heavy atom. The molecule has 1 fully saturated rings. The molecule has 0 atom stereocenters. The quantitative estimate of drug-likeness (QED) is 0.862. The normalized spacial score (nSPS) is 15.0. The summed E-state index contributed by atoms with van der Waals surface area (Å²) in [5.41, 5.74) is 0. The molecule has 8 heteroatoms. The van der Waals surface area contributed by atoms with E-state index in [1.807, 2.05) is 13.8 Å². The van der Waals surface area contributed by atoms with Gasteiger partial charge in [-0.3, -0.25) is 14.5 Å². The number of carbonyl (C=O) groups is 2. The number of hydrogen-bond acceptors (Lipinski definition) is 6. The van der Waals surface area contributed by atoms with Gasteiger partial charge in [-0.1, -0.05) is 11.3 Å². The van der Waals surface area contributed by atoms with Crippen LogP contribution in [0.4, 0.5) is 10.3 Å². The first kappa shape index (κ1) is 14.7. The van der Waals surface area contributed by atoms with Gasteiger partial charge in [0.25, 0.3) is 0 Å². The van der Waals surface area contributed by atoms with Crippen molar-refractivity contribution in [2.45, 2.75) is 32.7 Å². The van der Waals surface area contributed by atoms with Gasteiger partial charge in [0.05, 0.1) is 6.54 Å². The number of rotatable bonds is 5. The van der Waals surface area contributed by atoms with E-state index in [-0.39, 0.29) is 24.4 Å². The zero-order chi connectivity index (χ0) is 14.7. The lowest BCUT2D eigenvalue weighted by Gasteiger charge is -2.16. The summed E-state index contributed by atoms with van der Waals surface area (Å²) < 4.78 is 0. The van der Waals surface area contributed by atoms with Crippen LogP contribution in [0.15, 0.2) is 0 Å². The van der Waals surface area contributed by atoms with E-state index in [0.717, 1.165) is 6.42 Å². The van der Waals surface area contributed by atoms with Crippen LogP contribution >= 0.6 is 11.3 Å². The second-order valence-electron chi connectivity index (χ2n) is 5.09. The standard InChI is InChI=1S/C12H19N5O2S/c1-8(2)13-9(18)7-16(3)11-14-15-12(20-11)17-6-4-5-10(17)19/h8H,4-7H2,1-3H3,(H,13,18). The lowest BCUT2D eigenvalue weighted by atomic mass is 10.4. The minimum Gasteiger partial charge on any atom is -0.352 e. The molecule has 2 amide bonds. The predicted molar refractivity (Wildman–Crippen MR) is 78.0 cm³/mol. The third kappa shape index (κ3) is 3.44. The van der Waals surface area contributed by atoms with Crippen LogP contribution < -0.4 is 15.1 Å². The van der Waals surface area contributed by atoms with E-state index in [0.29, 0.717) is 23.2 Å². The summed E-state index contributed by atoms with van der Waals surface area (Å²) in [6.07, 6.45) is 1.43. The molecule has 0 saturated carbocycles. The van der Waals surface area contributed by atoms with Gasteiger partial charge in [-0.2, -0.15) is 0 Å². The molecule has 1 aromatic rings. The maximum atomic E-state index is 11.7. The number of anilines is 2. The van der Waals surface area contributed by atoms with Gasteiger partial charge in [-0.15, -0.1) is 10.2 Å². The molecule has 0 radical (unpaired) electrons. The van der Waals surface area contributed by atoms with Crippen LogP contribution in [-0.4, -0.2) is 48.2 Å². The van der Waals surface area contributed by atoms with Crippen molar-refractivity contribution in [3.8, 4) is 0 Å². The smallest absolute Gasteiger partial charge is 0.239 e. The van der Waals surface area contributed by atoms with E-state index in [4.69, 9.17) is 0 Å². The zero-order valence-corrected chi connectivity index (χ0v) is 12.7. The second-order valence-corrected chi connectivity index (χ2v) is 6.03. The Labute approximate surface area is 122 Å². The van der Waals surface area contributed by atoms with Crippen LogP contribution in [0.3, 0.4) is 0 Å². The molecular formula is C12H19N5O2S. The molecule has 0 aromatic carbocycles. The van der Waals surface area contributed by atoms with Gasteiger partial charge < -0.3 is 10.2 Å². The fourth-order valence-electron chi connectivity index (χ4n) is 1.97. The van der Waals surface area contributed by atoms with Crippen LogP contribution in [0.1, 0.15) is 26.7 Å². The van der Waals surface area contributed by atoms with Crippen LogP contribution in [0.2, 0.25) is 0 Å². The first-order valence-electron chi connectivity index (χ1n) is 6.61. The van der Waals surface area contributed by atoms with E-state index in [9.17, 15) is 9.59 Å². The number of nitrogens with zero attached hydrogens (tertiary/aromatic N) is 4. The van der Waals surface area contributed by atoms with E-state index in [1.54, 1.807) is 16.8 Å². The summed E-state index contributed by atoms with van der Waals surface area (Å²) in [6.45, 7) is 4.76. The van der Waals surface area contributed by atoms with Gasteiger partial charge in [0.2, 0.25) is 22.1 Å². The molecule has 1 aromatic heterocycles. The predicted octanol–water partition coefficient (Wildman–Crippen LogP) is 0.626. The minimum atomic E-state index is -0.0588. The van der Waals surface area contributed by atoms with Gasteiger partial charge in [0.15, 0.2) is 0 Å². The fourth-order valence-corrected chi connectivity index (χ4v) is 2.82. The molecule has 110 valence electrons. The molecule has 1 saturated heterocycles. The van der Waals surface area contributed by atoms with E-state index >= 15 is 0 Å². The Bertz CT molecular complexity index is 502. The van der Waals surface area contributed by atoms with E-state index in [1.165, 1.54) is 11.3 Å². The Balaban J connectivity index is 1.97. The van der Waals surface area contributed by atoms with Gasteiger partial charge >= 0.3 is 0 Å². The van der Waals surface area contributed by atoms with Gasteiger partial charge in [-0.05, 0) is 20.3 Å². The summed E-state index contributed by atoms with van der Waals surface area (Å²) in [4.78, 5) is 26.7. The van der Waals surface area contributed by atoms with Crippen molar-refractivity contribution in [1.82, 2.24) is 15.5 Å². The first-order chi connectivity index (χ1) is 9.47. The monoisotopic (exact) mass is 297 g/mol. The molecule has 0 bridgehead atoms. The summed E-state index contributed by atoms with van der Waals surface area (Å²) in [5.74, 6) is 0.0319. The van der Waals surface area contributed by atoms with Crippen molar-refractivity contribution in [3.05, 3.63) is 0 Å². The maximum absolute atomic E-state index is 11.7. The number of amides is 2. The number of hydrogen-bond donors (Lipinski definition) is 1. The molecule has 1 aliphatic rings. The fraction of sp³-hybridized carbons (Fsp3) is 0.667. The summed E-state index contributed by atoms with van der Waals surface area (Å²) in [7, 11) is 1.79. The average Bonchev–Trinajstić information content (AvgIpc) is 2.95. The number of aromatic nitrogens is 2. The van der Waals surface area contributed by atoms with Crippen LogP contribution in [0, 0.1) is 0 Å². The van der Waals surface area contributed by atoms with Crippen molar-refractivity contribution < 1.29 is 9.59 Å². The summed E-state index contributed by atoms with van der Waals surface area (Å²) >= 11 is 1.33. The highest BCUT2D eigenvalue weighted by Crippen LogP contribution is 2.29. The second kappa shape index (κ2) is 6.17. The Morgan fingerprint density at radius 3 is 2.85 bits per heavy atom. The lowest BCUT2D eigenvalue weighted by Crippen LogP contribution is -2.38. The van der Waals surface area contributed by atoms with E-state index in [2.05, 4.69) is 15.5 Å². The molecule has 7 nitrogen and oxygen atoms in total. The Hall–Kier alpha value is -1.70. The van der Waals surface area contributed by atoms with Gasteiger partial charge in [-0.25, -0.2) is 0 Å². The Kier molecular flexibility index (Phi) is 4.53. The van der Waals surface area contributed by atoms with Crippen LogP contribution in [0.5, 0.6) is 0 Å². The number of carbonyl (C=O) groups excluding carboxylic acids is 2. The molecule has 2 heterocycles. The molecule has 2 rings (SSSR count). The van der Waals surface area contributed by atoms with Crippen molar-refractivity contribution in [2.75, 3.05) is 29.9 Å².